The van der Waals surface area contributed by atoms with Crippen LogP contribution in [0.3, 0.4) is 0 Å². The van der Waals surface area contributed by atoms with Crippen molar-refractivity contribution in [2.45, 2.75) is 18.9 Å². The Bertz CT molecular complexity index is 439. The third kappa shape index (κ3) is 3.28. The van der Waals surface area contributed by atoms with Crippen molar-refractivity contribution in [2.24, 2.45) is 0 Å². The summed E-state index contributed by atoms with van der Waals surface area (Å²) in [6, 6.07) is 7.91. The molecule has 0 fully saturated rings. The molecule has 1 aromatic heterocycles. The van der Waals surface area contributed by atoms with E-state index in [1.165, 1.54) is 16.9 Å². The first-order chi connectivity index (χ1) is 8.29. The first-order valence-electron chi connectivity index (χ1n) is 5.50. The van der Waals surface area contributed by atoms with E-state index < -0.39 is 6.10 Å². The van der Waals surface area contributed by atoms with Gasteiger partial charge < -0.3 is 9.84 Å². The Morgan fingerprint density at radius 2 is 2.12 bits per heavy atom. The molecule has 2 rings (SSSR count). The van der Waals surface area contributed by atoms with E-state index in [4.69, 9.17) is 4.74 Å². The van der Waals surface area contributed by atoms with Gasteiger partial charge in [-0.1, -0.05) is 12.1 Å². The molecule has 0 spiro atoms. The number of aliphatic hydroxyl groups is 1. The SMILES string of the molecule is COc1ccc(CCC(O)c2nccs2)cc1. The largest absolute Gasteiger partial charge is 0.497 e. The van der Waals surface area contributed by atoms with Crippen LogP contribution >= 0.6 is 11.3 Å². The minimum Gasteiger partial charge on any atom is -0.497 e. The molecule has 0 radical (unpaired) electrons. The van der Waals surface area contributed by atoms with Crippen LogP contribution in [0.4, 0.5) is 0 Å². The lowest BCUT2D eigenvalue weighted by Gasteiger charge is -2.07. The number of ether oxygens (including phenoxy) is 1. The molecule has 1 atom stereocenters. The Morgan fingerprint density at radius 3 is 2.71 bits per heavy atom. The van der Waals surface area contributed by atoms with Gasteiger partial charge in [-0.2, -0.15) is 0 Å². The molecule has 3 nitrogen and oxygen atoms in total. The van der Waals surface area contributed by atoms with Gasteiger partial charge >= 0.3 is 0 Å². The minimum atomic E-state index is -0.461. The van der Waals surface area contributed by atoms with E-state index in [2.05, 4.69) is 4.98 Å². The molecule has 4 heteroatoms. The average molecular weight is 249 g/mol. The van der Waals surface area contributed by atoms with Crippen molar-refractivity contribution in [2.75, 3.05) is 7.11 Å². The molecule has 0 aliphatic heterocycles. The highest BCUT2D eigenvalue weighted by molar-refractivity contribution is 7.09. The summed E-state index contributed by atoms with van der Waals surface area (Å²) in [5, 5.41) is 12.6. The van der Waals surface area contributed by atoms with E-state index in [1.54, 1.807) is 13.3 Å². The van der Waals surface area contributed by atoms with Crippen molar-refractivity contribution in [3.63, 3.8) is 0 Å². The molecule has 0 bridgehead atoms. The zero-order chi connectivity index (χ0) is 12.1. The molecule has 2 aromatic rings. The highest BCUT2D eigenvalue weighted by Crippen LogP contribution is 2.21. The molecule has 1 unspecified atom stereocenters. The molecular formula is C13H15NO2S. The second kappa shape index (κ2) is 5.80. The molecule has 0 aliphatic carbocycles. The van der Waals surface area contributed by atoms with Gasteiger partial charge in [0, 0.05) is 11.6 Å². The van der Waals surface area contributed by atoms with Crippen molar-refractivity contribution in [3.05, 3.63) is 46.4 Å². The lowest BCUT2D eigenvalue weighted by molar-refractivity contribution is 0.167. The fraction of sp³-hybridized carbons (Fsp3) is 0.308. The Kier molecular flexibility index (Phi) is 4.12. The van der Waals surface area contributed by atoms with Crippen molar-refractivity contribution in [1.82, 2.24) is 4.98 Å². The summed E-state index contributed by atoms with van der Waals surface area (Å²) in [4.78, 5) is 4.10. The Labute approximate surface area is 105 Å². The van der Waals surface area contributed by atoms with Crippen LogP contribution in [0, 0.1) is 0 Å². The summed E-state index contributed by atoms with van der Waals surface area (Å²) in [6.07, 6.45) is 2.79. The molecule has 1 aromatic carbocycles. The van der Waals surface area contributed by atoms with Gasteiger partial charge in [0.1, 0.15) is 16.9 Å². The van der Waals surface area contributed by atoms with Crippen LogP contribution in [-0.4, -0.2) is 17.2 Å². The molecular weight excluding hydrogens is 234 g/mol. The van der Waals surface area contributed by atoms with Crippen LogP contribution in [0.5, 0.6) is 5.75 Å². The van der Waals surface area contributed by atoms with Crippen molar-refractivity contribution in [3.8, 4) is 5.75 Å². The van der Waals surface area contributed by atoms with Gasteiger partial charge in [-0.05, 0) is 30.5 Å². The zero-order valence-electron chi connectivity index (χ0n) is 9.67. The van der Waals surface area contributed by atoms with E-state index in [-0.39, 0.29) is 0 Å². The number of nitrogens with zero attached hydrogens (tertiary/aromatic N) is 1. The molecule has 0 saturated heterocycles. The predicted molar refractivity (Wildman–Crippen MR) is 68.4 cm³/mol. The van der Waals surface area contributed by atoms with Gasteiger partial charge in [0.25, 0.3) is 0 Å². The molecule has 0 saturated carbocycles. The molecule has 1 heterocycles. The fourth-order valence-corrected chi connectivity index (χ4v) is 2.28. The lowest BCUT2D eigenvalue weighted by Crippen LogP contribution is -1.98. The number of methoxy groups -OCH3 is 1. The van der Waals surface area contributed by atoms with Gasteiger partial charge in [-0.15, -0.1) is 11.3 Å². The second-order valence-corrected chi connectivity index (χ2v) is 4.70. The normalized spacial score (nSPS) is 12.4. The van der Waals surface area contributed by atoms with Crippen LogP contribution in [-0.2, 0) is 6.42 Å². The second-order valence-electron chi connectivity index (χ2n) is 3.77. The predicted octanol–water partition coefficient (Wildman–Crippen LogP) is 2.82. The number of hydrogen-bond acceptors (Lipinski definition) is 4. The van der Waals surface area contributed by atoms with E-state index in [1.807, 2.05) is 29.6 Å². The summed E-state index contributed by atoms with van der Waals surface area (Å²) in [5.41, 5.74) is 1.20. The van der Waals surface area contributed by atoms with Gasteiger partial charge in [0.15, 0.2) is 0 Å². The zero-order valence-corrected chi connectivity index (χ0v) is 10.5. The van der Waals surface area contributed by atoms with Crippen LogP contribution in [0.1, 0.15) is 23.1 Å². The third-order valence-electron chi connectivity index (χ3n) is 2.60. The van der Waals surface area contributed by atoms with Crippen molar-refractivity contribution in [1.29, 1.82) is 0 Å². The first-order valence-corrected chi connectivity index (χ1v) is 6.38. The monoisotopic (exact) mass is 249 g/mol. The number of aryl methyl sites for hydroxylation is 1. The maximum Gasteiger partial charge on any atom is 0.121 e. The maximum absolute atomic E-state index is 9.89. The Morgan fingerprint density at radius 1 is 1.35 bits per heavy atom. The van der Waals surface area contributed by atoms with Crippen LogP contribution < -0.4 is 4.74 Å². The van der Waals surface area contributed by atoms with E-state index in [0.717, 1.165) is 17.2 Å². The van der Waals surface area contributed by atoms with E-state index in [0.29, 0.717) is 6.42 Å². The Balaban J connectivity index is 1.89. The molecule has 0 aliphatic rings. The quantitative estimate of drug-likeness (QED) is 0.886. The number of hydrogen-bond donors (Lipinski definition) is 1. The minimum absolute atomic E-state index is 0.461. The Hall–Kier alpha value is -1.39. The van der Waals surface area contributed by atoms with Gasteiger partial charge in [0.2, 0.25) is 0 Å². The molecule has 0 amide bonds. The summed E-state index contributed by atoms with van der Waals surface area (Å²) in [6.45, 7) is 0. The van der Waals surface area contributed by atoms with Crippen molar-refractivity contribution < 1.29 is 9.84 Å². The number of rotatable bonds is 5. The summed E-state index contributed by atoms with van der Waals surface area (Å²) < 4.78 is 5.10. The molecule has 90 valence electrons. The summed E-state index contributed by atoms with van der Waals surface area (Å²) in [7, 11) is 1.65. The molecule has 17 heavy (non-hydrogen) atoms. The first kappa shape index (κ1) is 12.1. The smallest absolute Gasteiger partial charge is 0.121 e. The summed E-state index contributed by atoms with van der Waals surface area (Å²) in [5.74, 6) is 0.856. The maximum atomic E-state index is 9.89. The van der Waals surface area contributed by atoms with E-state index in [9.17, 15) is 5.11 Å². The van der Waals surface area contributed by atoms with E-state index >= 15 is 0 Å². The number of aliphatic hydroxyl groups excluding tert-OH is 1. The van der Waals surface area contributed by atoms with Gasteiger partial charge in [-0.25, -0.2) is 4.98 Å². The number of aromatic nitrogens is 1. The number of benzene rings is 1. The fourth-order valence-electron chi connectivity index (χ4n) is 1.62. The van der Waals surface area contributed by atoms with Crippen LogP contribution in [0.2, 0.25) is 0 Å². The van der Waals surface area contributed by atoms with Crippen LogP contribution in [0.25, 0.3) is 0 Å². The third-order valence-corrected chi connectivity index (χ3v) is 3.48. The van der Waals surface area contributed by atoms with Gasteiger partial charge in [0.05, 0.1) is 7.11 Å². The molecule has 1 N–H and O–H groups in total. The highest BCUT2D eigenvalue weighted by atomic mass is 32.1. The topological polar surface area (TPSA) is 42.4 Å². The van der Waals surface area contributed by atoms with Crippen LogP contribution in [0.15, 0.2) is 35.8 Å². The van der Waals surface area contributed by atoms with Crippen molar-refractivity contribution >= 4 is 11.3 Å². The average Bonchev–Trinajstić information content (AvgIpc) is 2.90. The standard InChI is InChI=1S/C13H15NO2S/c1-16-11-5-2-10(3-6-11)4-7-12(15)13-14-8-9-17-13/h2-3,5-6,8-9,12,15H,4,7H2,1H3. The van der Waals surface area contributed by atoms with Gasteiger partial charge in [-0.3, -0.25) is 0 Å². The lowest BCUT2D eigenvalue weighted by atomic mass is 10.1. The summed E-state index contributed by atoms with van der Waals surface area (Å²) >= 11 is 1.49. The highest BCUT2D eigenvalue weighted by Gasteiger charge is 2.09. The number of thiazole rings is 1.